The third-order valence-electron chi connectivity index (χ3n) is 6.33. The molecule has 1 aliphatic rings. The lowest BCUT2D eigenvalue weighted by atomic mass is 10.0. The van der Waals surface area contributed by atoms with Crippen LogP contribution in [-0.2, 0) is 22.6 Å². The predicted molar refractivity (Wildman–Crippen MR) is 134 cm³/mol. The van der Waals surface area contributed by atoms with E-state index in [0.717, 1.165) is 44.1 Å². The monoisotopic (exact) mass is 516 g/mol. The molecule has 9 heteroatoms. The van der Waals surface area contributed by atoms with Crippen molar-refractivity contribution in [2.24, 2.45) is 0 Å². The second-order valence-corrected chi connectivity index (χ2v) is 9.16. The zero-order valence-corrected chi connectivity index (χ0v) is 20.7. The van der Waals surface area contributed by atoms with Crippen molar-refractivity contribution in [2.45, 2.75) is 38.4 Å². The van der Waals surface area contributed by atoms with E-state index in [4.69, 9.17) is 9.47 Å². The molecule has 0 saturated carbocycles. The highest BCUT2D eigenvalue weighted by atomic mass is 19.4. The van der Waals surface area contributed by atoms with Crippen LogP contribution in [0.5, 0.6) is 5.75 Å². The number of carbonyl (C=O) groups excluding carboxylic acids is 1. The number of rotatable bonds is 10. The van der Waals surface area contributed by atoms with E-state index in [2.05, 4.69) is 51.4 Å². The van der Waals surface area contributed by atoms with Gasteiger partial charge in [-0.3, -0.25) is 9.69 Å². The number of halogens is 3. The number of piperidine rings is 1. The third-order valence-corrected chi connectivity index (χ3v) is 6.33. The molecule has 0 aromatic heterocycles. The number of amides is 1. The number of ether oxygens (including phenoxy) is 3. The van der Waals surface area contributed by atoms with Gasteiger partial charge in [0.25, 0.3) is 5.91 Å². The van der Waals surface area contributed by atoms with Gasteiger partial charge < -0.3 is 19.5 Å². The summed E-state index contributed by atoms with van der Waals surface area (Å²) in [6, 6.07) is 17.9. The predicted octanol–water partition coefficient (Wildman–Crippen LogP) is 5.30. The molecule has 37 heavy (non-hydrogen) atoms. The lowest BCUT2D eigenvalue weighted by Crippen LogP contribution is -2.44. The van der Waals surface area contributed by atoms with Crippen LogP contribution in [0.2, 0.25) is 0 Å². The number of hydrogen-bond acceptors (Lipinski definition) is 5. The largest absolute Gasteiger partial charge is 0.573 e. The van der Waals surface area contributed by atoms with E-state index >= 15 is 0 Å². The van der Waals surface area contributed by atoms with Crippen LogP contribution in [0, 0.1) is 0 Å². The topological polar surface area (TPSA) is 60.0 Å². The molecule has 3 aromatic carbocycles. The molecule has 0 atom stereocenters. The molecule has 0 spiro atoms. The number of methoxy groups -OCH3 is 1. The maximum absolute atomic E-state index is 12.6. The Hall–Kier alpha value is -3.14. The highest BCUT2D eigenvalue weighted by molar-refractivity contribution is 5.94. The molecule has 198 valence electrons. The Kier molecular flexibility index (Phi) is 9.02. The van der Waals surface area contributed by atoms with Gasteiger partial charge in [0, 0.05) is 38.3 Å². The van der Waals surface area contributed by atoms with Crippen molar-refractivity contribution in [3.8, 4) is 5.75 Å². The van der Waals surface area contributed by atoms with E-state index in [1.807, 2.05) is 0 Å². The van der Waals surface area contributed by atoms with Crippen molar-refractivity contribution in [1.82, 2.24) is 10.2 Å². The first-order valence-electron chi connectivity index (χ1n) is 12.3. The van der Waals surface area contributed by atoms with E-state index in [0.29, 0.717) is 19.8 Å². The van der Waals surface area contributed by atoms with E-state index < -0.39 is 18.0 Å². The maximum Gasteiger partial charge on any atom is 0.573 e. The molecule has 1 heterocycles. The van der Waals surface area contributed by atoms with Crippen molar-refractivity contribution in [3.63, 3.8) is 0 Å². The Labute approximate surface area is 214 Å². The number of carbonyl (C=O) groups is 1. The van der Waals surface area contributed by atoms with Crippen molar-refractivity contribution < 1.29 is 32.2 Å². The molecule has 0 aliphatic carbocycles. The fraction of sp³-hybridized carbons (Fsp3) is 0.393. The van der Waals surface area contributed by atoms with Crippen molar-refractivity contribution in [2.75, 3.05) is 33.4 Å². The van der Waals surface area contributed by atoms with Crippen molar-refractivity contribution in [3.05, 3.63) is 77.4 Å². The standard InChI is InChI=1S/C28H31F3N2O4/c1-35-13-14-36-19-21-6-8-22-7-5-20(15-24(22)16-21)18-33-11-9-25(10-12-33)32-27(34)23-3-2-4-26(17-23)37-28(29,30)31/h2-8,15-17,25H,9-14,18-19H2,1H3,(H,32,34). The first-order valence-corrected chi connectivity index (χ1v) is 12.3. The minimum atomic E-state index is -4.80. The summed E-state index contributed by atoms with van der Waals surface area (Å²) >= 11 is 0. The lowest BCUT2D eigenvalue weighted by molar-refractivity contribution is -0.274. The highest BCUT2D eigenvalue weighted by Crippen LogP contribution is 2.24. The molecule has 6 nitrogen and oxygen atoms in total. The molecule has 3 aromatic rings. The fourth-order valence-corrected chi connectivity index (χ4v) is 4.46. The average Bonchev–Trinajstić information content (AvgIpc) is 2.87. The Balaban J connectivity index is 1.28. The maximum atomic E-state index is 12.6. The molecule has 4 rings (SSSR count). The Morgan fingerprint density at radius 3 is 2.43 bits per heavy atom. The van der Waals surface area contributed by atoms with E-state index in [-0.39, 0.29) is 11.6 Å². The van der Waals surface area contributed by atoms with Crippen LogP contribution in [0.4, 0.5) is 13.2 Å². The van der Waals surface area contributed by atoms with E-state index in [1.165, 1.54) is 34.5 Å². The summed E-state index contributed by atoms with van der Waals surface area (Å²) in [7, 11) is 1.65. The minimum absolute atomic E-state index is 0.0341. The summed E-state index contributed by atoms with van der Waals surface area (Å²) in [4.78, 5) is 14.9. The van der Waals surface area contributed by atoms with Gasteiger partial charge >= 0.3 is 6.36 Å². The van der Waals surface area contributed by atoms with Gasteiger partial charge in [-0.15, -0.1) is 13.2 Å². The highest BCUT2D eigenvalue weighted by Gasteiger charge is 2.31. The van der Waals surface area contributed by atoms with E-state index in [9.17, 15) is 18.0 Å². The molecule has 1 fully saturated rings. The number of benzene rings is 3. The molecule has 1 aliphatic heterocycles. The fourth-order valence-electron chi connectivity index (χ4n) is 4.46. The van der Waals surface area contributed by atoms with Crippen molar-refractivity contribution in [1.29, 1.82) is 0 Å². The van der Waals surface area contributed by atoms with Crippen molar-refractivity contribution >= 4 is 16.7 Å². The van der Waals surface area contributed by atoms with Crippen LogP contribution in [-0.4, -0.2) is 56.6 Å². The van der Waals surface area contributed by atoms with Crippen LogP contribution >= 0.6 is 0 Å². The van der Waals surface area contributed by atoms with Gasteiger partial charge in [-0.1, -0.05) is 30.3 Å². The number of hydrogen-bond donors (Lipinski definition) is 1. The smallest absolute Gasteiger partial charge is 0.406 e. The summed E-state index contributed by atoms with van der Waals surface area (Å²) in [5, 5.41) is 5.29. The van der Waals surface area contributed by atoms with Gasteiger partial charge in [-0.2, -0.15) is 0 Å². The van der Waals surface area contributed by atoms with Gasteiger partial charge in [0.05, 0.1) is 19.8 Å². The normalized spacial score (nSPS) is 15.1. The Morgan fingerprint density at radius 2 is 1.70 bits per heavy atom. The van der Waals surface area contributed by atoms with E-state index in [1.54, 1.807) is 7.11 Å². The van der Waals surface area contributed by atoms with Crippen LogP contribution in [0.15, 0.2) is 60.7 Å². The zero-order chi connectivity index (χ0) is 26.3. The first kappa shape index (κ1) is 26.9. The zero-order valence-electron chi connectivity index (χ0n) is 20.7. The Morgan fingerprint density at radius 1 is 0.973 bits per heavy atom. The van der Waals surface area contributed by atoms with Crippen LogP contribution in [0.1, 0.15) is 34.3 Å². The second kappa shape index (κ2) is 12.4. The third kappa shape index (κ3) is 8.18. The quantitative estimate of drug-likeness (QED) is 0.371. The molecular weight excluding hydrogens is 485 g/mol. The number of nitrogens with zero attached hydrogens (tertiary/aromatic N) is 1. The molecule has 1 N–H and O–H groups in total. The number of nitrogens with one attached hydrogen (secondary N) is 1. The second-order valence-electron chi connectivity index (χ2n) is 9.16. The molecule has 0 unspecified atom stereocenters. The lowest BCUT2D eigenvalue weighted by Gasteiger charge is -2.32. The average molecular weight is 517 g/mol. The van der Waals surface area contributed by atoms with Gasteiger partial charge in [0.2, 0.25) is 0 Å². The van der Waals surface area contributed by atoms with Gasteiger partial charge in [-0.05, 0) is 65.1 Å². The summed E-state index contributed by atoms with van der Waals surface area (Å²) in [6.07, 6.45) is -3.27. The number of likely N-dealkylation sites (tertiary alicyclic amines) is 1. The van der Waals surface area contributed by atoms with Crippen LogP contribution in [0.25, 0.3) is 10.8 Å². The van der Waals surface area contributed by atoms with Crippen LogP contribution < -0.4 is 10.1 Å². The molecule has 0 bridgehead atoms. The minimum Gasteiger partial charge on any atom is -0.406 e. The molecular formula is C28H31F3N2O4. The number of fused-ring (bicyclic) bond motifs is 1. The molecule has 0 radical (unpaired) electrons. The number of alkyl halides is 3. The van der Waals surface area contributed by atoms with Gasteiger partial charge in [-0.25, -0.2) is 0 Å². The van der Waals surface area contributed by atoms with Gasteiger partial charge in [0.15, 0.2) is 0 Å². The first-order chi connectivity index (χ1) is 17.8. The van der Waals surface area contributed by atoms with Gasteiger partial charge in [0.1, 0.15) is 5.75 Å². The van der Waals surface area contributed by atoms with Crippen LogP contribution in [0.3, 0.4) is 0 Å². The molecule has 1 amide bonds. The molecule has 1 saturated heterocycles. The Bertz CT molecular complexity index is 1190. The summed E-state index contributed by atoms with van der Waals surface area (Å²) in [5.41, 5.74) is 2.48. The summed E-state index contributed by atoms with van der Waals surface area (Å²) in [5.74, 6) is -0.807. The summed E-state index contributed by atoms with van der Waals surface area (Å²) in [6.45, 7) is 4.11. The SMILES string of the molecule is COCCOCc1ccc2ccc(CN3CCC(NC(=O)c4cccc(OC(F)(F)F)c4)CC3)cc2c1. The summed E-state index contributed by atoms with van der Waals surface area (Å²) < 4.78 is 52.0.